The molecule has 0 spiro atoms. The molecule has 7 heteroatoms. The summed E-state index contributed by atoms with van der Waals surface area (Å²) in [6, 6.07) is 4.98. The highest BCUT2D eigenvalue weighted by Crippen LogP contribution is 2.26. The zero-order chi connectivity index (χ0) is 17.4. The molecule has 0 amide bonds. The Hall–Kier alpha value is -2.96. The van der Waals surface area contributed by atoms with Crippen LogP contribution in [0, 0.1) is 5.82 Å². The van der Waals surface area contributed by atoms with Gasteiger partial charge in [0.2, 0.25) is 0 Å². The van der Waals surface area contributed by atoms with Crippen LogP contribution < -0.4 is 0 Å². The zero-order valence-electron chi connectivity index (χ0n) is 13.5. The first-order valence-electron chi connectivity index (χ1n) is 8.27. The minimum atomic E-state index is -0.570. The molecule has 3 aromatic rings. The van der Waals surface area contributed by atoms with Gasteiger partial charge >= 0.3 is 0 Å². The van der Waals surface area contributed by atoms with E-state index >= 15 is 0 Å². The third-order valence-electron chi connectivity index (χ3n) is 4.50. The van der Waals surface area contributed by atoms with Crippen molar-refractivity contribution in [1.82, 2.24) is 19.7 Å². The molecule has 0 atom stereocenters. The molecule has 2 N–H and O–H groups in total. The first-order valence-corrected chi connectivity index (χ1v) is 8.27. The average molecular weight is 340 g/mol. The fraction of sp³-hybridized carbons (Fsp3) is 0.278. The summed E-state index contributed by atoms with van der Waals surface area (Å²) in [5.41, 5.74) is 0.951. The number of nitrogens with one attached hydrogen (secondary N) is 1. The van der Waals surface area contributed by atoms with E-state index in [4.69, 9.17) is 0 Å². The number of aromatic nitrogens is 4. The monoisotopic (exact) mass is 340 g/mol. The summed E-state index contributed by atoms with van der Waals surface area (Å²) in [5.74, 6) is 0.387. The van der Waals surface area contributed by atoms with Gasteiger partial charge in [0.1, 0.15) is 17.4 Å². The quantitative estimate of drug-likeness (QED) is 0.718. The maximum absolute atomic E-state index is 13.4. The Balaban J connectivity index is 1.68. The summed E-state index contributed by atoms with van der Waals surface area (Å²) in [7, 11) is 0. The van der Waals surface area contributed by atoms with E-state index in [1.54, 1.807) is 12.3 Å². The van der Waals surface area contributed by atoms with Gasteiger partial charge in [-0.05, 0) is 37.1 Å². The Labute approximate surface area is 143 Å². The van der Waals surface area contributed by atoms with Crippen molar-refractivity contribution in [2.45, 2.75) is 32.2 Å². The van der Waals surface area contributed by atoms with Crippen LogP contribution in [-0.4, -0.2) is 30.6 Å². The highest BCUT2D eigenvalue weighted by molar-refractivity contribution is 6.11. The molecule has 25 heavy (non-hydrogen) atoms. The fourth-order valence-corrected chi connectivity index (χ4v) is 3.18. The molecule has 0 aliphatic carbocycles. The van der Waals surface area contributed by atoms with Crippen LogP contribution in [0.4, 0.5) is 4.39 Å². The molecule has 4 rings (SSSR count). The number of halogens is 1. The molecule has 2 aromatic heterocycles. The standard InChI is InChI=1S/C18H17FN4O2/c19-12-5-6-15(24)13(9-12)17(25)11-8-14(20-10-11)18-22-21-16-4-2-1-3-7-23(16)18/h5-6,8-10,20,24H,1-4,7H2. The van der Waals surface area contributed by atoms with E-state index in [-0.39, 0.29) is 11.3 Å². The maximum Gasteiger partial charge on any atom is 0.198 e. The molecule has 1 aliphatic heterocycles. The van der Waals surface area contributed by atoms with Gasteiger partial charge in [0.25, 0.3) is 0 Å². The van der Waals surface area contributed by atoms with Gasteiger partial charge in [-0.3, -0.25) is 4.79 Å². The highest BCUT2D eigenvalue weighted by atomic mass is 19.1. The lowest BCUT2D eigenvalue weighted by Crippen LogP contribution is -2.03. The molecule has 6 nitrogen and oxygen atoms in total. The van der Waals surface area contributed by atoms with E-state index in [0.29, 0.717) is 17.1 Å². The van der Waals surface area contributed by atoms with E-state index in [9.17, 15) is 14.3 Å². The number of benzene rings is 1. The molecule has 0 fully saturated rings. The smallest absolute Gasteiger partial charge is 0.198 e. The molecule has 3 heterocycles. The largest absolute Gasteiger partial charge is 0.507 e. The number of H-pyrrole nitrogens is 1. The lowest BCUT2D eigenvalue weighted by atomic mass is 10.0. The van der Waals surface area contributed by atoms with Crippen LogP contribution in [0.2, 0.25) is 0 Å². The number of aromatic amines is 1. The van der Waals surface area contributed by atoms with Crippen molar-refractivity contribution >= 4 is 5.78 Å². The number of hydrogen-bond donors (Lipinski definition) is 2. The van der Waals surface area contributed by atoms with E-state index in [2.05, 4.69) is 19.7 Å². The van der Waals surface area contributed by atoms with Crippen LogP contribution in [-0.2, 0) is 13.0 Å². The normalized spacial score (nSPS) is 14.1. The summed E-state index contributed by atoms with van der Waals surface area (Å²) < 4.78 is 15.5. The van der Waals surface area contributed by atoms with Gasteiger partial charge in [0, 0.05) is 24.7 Å². The van der Waals surface area contributed by atoms with Gasteiger partial charge in [-0.2, -0.15) is 0 Å². The van der Waals surface area contributed by atoms with Crippen molar-refractivity contribution < 1.29 is 14.3 Å². The number of ketones is 1. The van der Waals surface area contributed by atoms with Crippen LogP contribution in [0.5, 0.6) is 5.75 Å². The fourth-order valence-electron chi connectivity index (χ4n) is 3.18. The van der Waals surface area contributed by atoms with Crippen LogP contribution in [0.1, 0.15) is 41.0 Å². The summed E-state index contributed by atoms with van der Waals surface area (Å²) in [6.07, 6.45) is 5.78. The van der Waals surface area contributed by atoms with Gasteiger partial charge in [0.15, 0.2) is 11.6 Å². The molecule has 0 saturated heterocycles. The second-order valence-corrected chi connectivity index (χ2v) is 6.19. The van der Waals surface area contributed by atoms with Gasteiger partial charge in [-0.1, -0.05) is 6.42 Å². The van der Waals surface area contributed by atoms with Crippen LogP contribution >= 0.6 is 0 Å². The summed E-state index contributed by atoms with van der Waals surface area (Å²) in [4.78, 5) is 15.6. The Morgan fingerprint density at radius 1 is 1.20 bits per heavy atom. The van der Waals surface area contributed by atoms with E-state index in [1.165, 1.54) is 6.07 Å². The van der Waals surface area contributed by atoms with Crippen molar-refractivity contribution in [3.8, 4) is 17.3 Å². The molecule has 0 radical (unpaired) electrons. The summed E-state index contributed by atoms with van der Waals surface area (Å²) >= 11 is 0. The molecular weight excluding hydrogens is 323 g/mol. The Morgan fingerprint density at radius 3 is 2.96 bits per heavy atom. The lowest BCUT2D eigenvalue weighted by Gasteiger charge is -2.05. The number of carbonyl (C=O) groups excluding carboxylic acids is 1. The second-order valence-electron chi connectivity index (χ2n) is 6.19. The van der Waals surface area contributed by atoms with E-state index in [0.717, 1.165) is 50.2 Å². The van der Waals surface area contributed by atoms with Gasteiger partial charge in [-0.15, -0.1) is 10.2 Å². The number of nitrogens with zero attached hydrogens (tertiary/aromatic N) is 3. The SMILES string of the molecule is O=C(c1c[nH]c(-c2nnc3n2CCCCC3)c1)c1cc(F)ccc1O. The van der Waals surface area contributed by atoms with Gasteiger partial charge < -0.3 is 14.7 Å². The number of hydrogen-bond acceptors (Lipinski definition) is 4. The Morgan fingerprint density at radius 2 is 2.08 bits per heavy atom. The van der Waals surface area contributed by atoms with E-state index < -0.39 is 11.6 Å². The van der Waals surface area contributed by atoms with E-state index in [1.807, 2.05) is 0 Å². The van der Waals surface area contributed by atoms with Crippen molar-refractivity contribution in [2.24, 2.45) is 0 Å². The maximum atomic E-state index is 13.4. The van der Waals surface area contributed by atoms with Gasteiger partial charge in [-0.25, -0.2) is 4.39 Å². The predicted octanol–water partition coefficient (Wildman–Crippen LogP) is 3.08. The molecule has 128 valence electrons. The number of rotatable bonds is 3. The van der Waals surface area contributed by atoms with Crippen molar-refractivity contribution in [3.63, 3.8) is 0 Å². The topological polar surface area (TPSA) is 83.8 Å². The Kier molecular flexibility index (Phi) is 3.83. The molecule has 0 bridgehead atoms. The molecular formula is C18H17FN4O2. The molecule has 1 aliphatic rings. The number of phenolic OH excluding ortho intramolecular Hbond substituents is 1. The predicted molar refractivity (Wildman–Crippen MR) is 88.9 cm³/mol. The number of aromatic hydroxyl groups is 1. The van der Waals surface area contributed by atoms with Crippen molar-refractivity contribution in [3.05, 3.63) is 53.2 Å². The first-order chi connectivity index (χ1) is 12.1. The van der Waals surface area contributed by atoms with Crippen molar-refractivity contribution in [1.29, 1.82) is 0 Å². The minimum absolute atomic E-state index is 0.0642. The van der Waals surface area contributed by atoms with Gasteiger partial charge in [0.05, 0.1) is 11.3 Å². The third kappa shape index (κ3) is 2.82. The van der Waals surface area contributed by atoms with Crippen LogP contribution in [0.15, 0.2) is 30.5 Å². The zero-order valence-corrected chi connectivity index (χ0v) is 13.5. The molecule has 0 unspecified atom stereocenters. The number of aryl methyl sites for hydroxylation is 1. The second kappa shape index (κ2) is 6.16. The highest BCUT2D eigenvalue weighted by Gasteiger charge is 2.20. The minimum Gasteiger partial charge on any atom is -0.507 e. The Bertz CT molecular complexity index is 944. The number of carbonyl (C=O) groups is 1. The van der Waals surface area contributed by atoms with Crippen LogP contribution in [0.25, 0.3) is 11.5 Å². The summed E-state index contributed by atoms with van der Waals surface area (Å²) in [5, 5.41) is 18.3. The van der Waals surface area contributed by atoms with Crippen LogP contribution in [0.3, 0.4) is 0 Å². The van der Waals surface area contributed by atoms with Crippen molar-refractivity contribution in [2.75, 3.05) is 0 Å². The lowest BCUT2D eigenvalue weighted by molar-refractivity contribution is 0.103. The number of fused-ring (bicyclic) bond motifs is 1. The molecule has 1 aromatic carbocycles. The number of phenols is 1. The first kappa shape index (κ1) is 15.6. The molecule has 0 saturated carbocycles. The summed E-state index contributed by atoms with van der Waals surface area (Å²) in [6.45, 7) is 0.852. The third-order valence-corrected chi connectivity index (χ3v) is 4.50. The average Bonchev–Trinajstić information content (AvgIpc) is 3.18.